The molecule has 2 heterocycles. The molecule has 0 spiro atoms. The number of aromatic amines is 2. The Morgan fingerprint density at radius 3 is 1.74 bits per heavy atom. The summed E-state index contributed by atoms with van der Waals surface area (Å²) < 4.78 is 0. The summed E-state index contributed by atoms with van der Waals surface area (Å²) in [6.07, 6.45) is 5.41. The van der Waals surface area contributed by atoms with Crippen LogP contribution < -0.4 is 21.3 Å². The van der Waals surface area contributed by atoms with E-state index in [0.717, 1.165) is 6.92 Å². The summed E-state index contributed by atoms with van der Waals surface area (Å²) in [5.41, 5.74) is 0.978. The van der Waals surface area contributed by atoms with Crippen LogP contribution >= 0.6 is 0 Å². The lowest BCUT2D eigenvalue weighted by Crippen LogP contribution is -2.57. The highest BCUT2D eigenvalue weighted by molar-refractivity contribution is 5.93. The van der Waals surface area contributed by atoms with Crippen molar-refractivity contribution in [2.24, 2.45) is 0 Å². The van der Waals surface area contributed by atoms with E-state index in [1.807, 2.05) is 0 Å². The number of aliphatic carboxylic acids is 2. The number of carboxylic acids is 2. The van der Waals surface area contributed by atoms with Gasteiger partial charge in [0.15, 0.2) is 0 Å². The maximum atomic E-state index is 12.9. The van der Waals surface area contributed by atoms with Crippen molar-refractivity contribution in [2.75, 3.05) is 13.2 Å². The average Bonchev–Trinajstić information content (AvgIpc) is 3.55. The molecular weight excluding hydrogens is 520 g/mol. The van der Waals surface area contributed by atoms with Gasteiger partial charge in [-0.2, -0.15) is 0 Å². The van der Waals surface area contributed by atoms with Crippen LogP contribution in [0.25, 0.3) is 0 Å². The maximum Gasteiger partial charge on any atom is 0.326 e. The lowest BCUT2D eigenvalue weighted by molar-refractivity contribution is -0.142. The molecule has 0 aliphatic heterocycles. The molecule has 0 aliphatic carbocycles. The Kier molecular flexibility index (Phi) is 13.9. The maximum absolute atomic E-state index is 12.9. The molecule has 0 saturated heterocycles. The van der Waals surface area contributed by atoms with Crippen molar-refractivity contribution in [1.29, 1.82) is 0 Å². The van der Waals surface area contributed by atoms with Crippen LogP contribution in [0.2, 0.25) is 0 Å². The summed E-state index contributed by atoms with van der Waals surface area (Å²) in [7, 11) is 0. The highest BCUT2D eigenvalue weighted by atomic mass is 16.4. The van der Waals surface area contributed by atoms with E-state index in [-0.39, 0.29) is 31.7 Å². The van der Waals surface area contributed by atoms with Crippen molar-refractivity contribution >= 4 is 35.6 Å². The third-order valence-electron chi connectivity index (χ3n) is 4.77. The number of hydrogen-bond donors (Lipinski definition) is 9. The molecule has 3 atom stereocenters. The number of amides is 4. The van der Waals surface area contributed by atoms with E-state index in [1.54, 1.807) is 0 Å². The molecule has 0 bridgehead atoms. The van der Waals surface area contributed by atoms with Crippen molar-refractivity contribution in [3.63, 3.8) is 0 Å². The highest BCUT2D eigenvalue weighted by Gasteiger charge is 2.30. The molecule has 39 heavy (non-hydrogen) atoms. The van der Waals surface area contributed by atoms with Crippen LogP contribution in [0, 0.1) is 0 Å². The van der Waals surface area contributed by atoms with Gasteiger partial charge in [-0.25, -0.2) is 14.8 Å². The fourth-order valence-electron chi connectivity index (χ4n) is 3.00. The fourth-order valence-corrected chi connectivity index (χ4v) is 3.00. The van der Waals surface area contributed by atoms with Gasteiger partial charge in [-0.05, 0) is 0 Å². The van der Waals surface area contributed by atoms with E-state index in [1.165, 1.54) is 32.0 Å². The first-order valence-electron chi connectivity index (χ1n) is 11.5. The summed E-state index contributed by atoms with van der Waals surface area (Å²) in [6.45, 7) is 1.63. The second kappa shape index (κ2) is 16.8. The second-order valence-corrected chi connectivity index (χ2v) is 8.08. The molecule has 0 aromatic carbocycles. The summed E-state index contributed by atoms with van der Waals surface area (Å²) in [6, 6.07) is -3.97. The number of aliphatic hydroxyl groups excluding tert-OH is 1. The number of aliphatic hydroxyl groups is 1. The summed E-state index contributed by atoms with van der Waals surface area (Å²) in [5, 5.41) is 36.1. The molecule has 9 N–H and O–H groups in total. The number of carbonyl (C=O) groups excluding carboxylic acids is 4. The SMILES string of the molecule is CC(=O)NCCC(=O)N[C@@H](Cc1cnc[nH]1)C(=O)N[C@@H](CO)C(=O)N[C@@H](Cc1cnc[nH]1)C(=O)O.CC(=O)O. The topological polar surface area (TPSA) is 269 Å². The van der Waals surface area contributed by atoms with Crippen LogP contribution in [-0.4, -0.2) is 102 Å². The number of carbonyl (C=O) groups is 6. The molecule has 2 aromatic rings. The Bertz CT molecular complexity index is 1090. The lowest BCUT2D eigenvalue weighted by Gasteiger charge is -2.23. The minimum Gasteiger partial charge on any atom is -0.481 e. The van der Waals surface area contributed by atoms with Crippen LogP contribution in [-0.2, 0) is 41.6 Å². The van der Waals surface area contributed by atoms with Gasteiger partial charge in [0.1, 0.15) is 18.1 Å². The summed E-state index contributed by atoms with van der Waals surface area (Å²) >= 11 is 0. The minimum absolute atomic E-state index is 0.00491. The second-order valence-electron chi connectivity index (χ2n) is 8.08. The molecule has 0 saturated carbocycles. The van der Waals surface area contributed by atoms with E-state index in [2.05, 4.69) is 41.2 Å². The summed E-state index contributed by atoms with van der Waals surface area (Å²) in [5.74, 6) is -4.71. The molecule has 4 amide bonds. The Labute approximate surface area is 222 Å². The third-order valence-corrected chi connectivity index (χ3v) is 4.77. The smallest absolute Gasteiger partial charge is 0.326 e. The lowest BCUT2D eigenvalue weighted by atomic mass is 10.1. The van der Waals surface area contributed by atoms with Crippen molar-refractivity contribution < 1.29 is 44.1 Å². The Morgan fingerprint density at radius 2 is 1.31 bits per heavy atom. The van der Waals surface area contributed by atoms with Gasteiger partial charge in [-0.1, -0.05) is 0 Å². The Hall–Kier alpha value is -4.80. The zero-order valence-electron chi connectivity index (χ0n) is 21.3. The van der Waals surface area contributed by atoms with E-state index in [0.29, 0.717) is 11.4 Å². The quantitative estimate of drug-likeness (QED) is 0.114. The van der Waals surface area contributed by atoms with Gasteiger partial charge in [0.05, 0.1) is 19.3 Å². The van der Waals surface area contributed by atoms with Crippen molar-refractivity contribution in [1.82, 2.24) is 41.2 Å². The first kappa shape index (κ1) is 32.2. The molecule has 17 heteroatoms. The normalized spacial score (nSPS) is 12.5. The molecule has 0 unspecified atom stereocenters. The van der Waals surface area contributed by atoms with Gasteiger partial charge >= 0.3 is 5.97 Å². The first-order valence-corrected chi connectivity index (χ1v) is 11.5. The molecule has 2 rings (SSSR count). The Balaban J connectivity index is 0.00000177. The average molecular weight is 553 g/mol. The van der Waals surface area contributed by atoms with Crippen LogP contribution in [0.15, 0.2) is 25.0 Å². The largest absolute Gasteiger partial charge is 0.481 e. The number of imidazole rings is 2. The van der Waals surface area contributed by atoms with Gasteiger partial charge in [-0.15, -0.1) is 0 Å². The fraction of sp³-hybridized carbons (Fsp3) is 0.455. The molecule has 214 valence electrons. The zero-order valence-corrected chi connectivity index (χ0v) is 21.3. The van der Waals surface area contributed by atoms with Crippen molar-refractivity contribution in [3.8, 4) is 0 Å². The van der Waals surface area contributed by atoms with Gasteiger partial charge < -0.3 is 46.6 Å². The number of H-pyrrole nitrogens is 2. The van der Waals surface area contributed by atoms with E-state index >= 15 is 0 Å². The number of aromatic nitrogens is 4. The van der Waals surface area contributed by atoms with Crippen LogP contribution in [0.1, 0.15) is 31.7 Å². The van der Waals surface area contributed by atoms with Crippen LogP contribution in [0.4, 0.5) is 0 Å². The standard InChI is InChI=1S/C20H28N8O7.C2H4O2/c1-11(30)23-3-2-17(31)26-14(4-12-6-21-9-24-12)18(32)28-16(8-29)19(33)27-15(20(34)35)5-13-7-22-10-25-13;1-2(3)4/h6-7,9-10,14-16,29H,2-5,8H2,1H3,(H,21,24)(H,22,25)(H,23,30)(H,26,31)(H,27,33)(H,28,32)(H,34,35);1H3,(H,3,4)/t14-,15-,16-;/m0./s1. The van der Waals surface area contributed by atoms with E-state index in [4.69, 9.17) is 9.90 Å². The first-order chi connectivity index (χ1) is 18.4. The van der Waals surface area contributed by atoms with Crippen LogP contribution in [0.5, 0.6) is 0 Å². The predicted molar refractivity (Wildman–Crippen MR) is 132 cm³/mol. The zero-order chi connectivity index (χ0) is 29.4. The van der Waals surface area contributed by atoms with Crippen molar-refractivity contribution in [3.05, 3.63) is 36.4 Å². The number of rotatable bonds is 14. The Morgan fingerprint density at radius 1 is 0.821 bits per heavy atom. The molecule has 2 aromatic heterocycles. The van der Waals surface area contributed by atoms with Gasteiger partial charge in [0, 0.05) is 63.4 Å². The number of nitrogens with zero attached hydrogens (tertiary/aromatic N) is 2. The number of hydrogen-bond acceptors (Lipinski definition) is 9. The highest BCUT2D eigenvalue weighted by Crippen LogP contribution is 2.03. The van der Waals surface area contributed by atoms with Crippen LogP contribution in [0.3, 0.4) is 0 Å². The van der Waals surface area contributed by atoms with Gasteiger partial charge in [-0.3, -0.25) is 24.0 Å². The van der Waals surface area contributed by atoms with Gasteiger partial charge in [0.2, 0.25) is 23.6 Å². The minimum atomic E-state index is -1.48. The monoisotopic (exact) mass is 552 g/mol. The molecule has 17 nitrogen and oxygen atoms in total. The molecule has 0 radical (unpaired) electrons. The van der Waals surface area contributed by atoms with Crippen molar-refractivity contribution in [2.45, 2.75) is 51.2 Å². The number of nitrogens with one attached hydrogen (secondary N) is 6. The molecular formula is C22H32N8O9. The summed E-state index contributed by atoms with van der Waals surface area (Å²) in [4.78, 5) is 82.4. The van der Waals surface area contributed by atoms with E-state index < -0.39 is 54.4 Å². The van der Waals surface area contributed by atoms with E-state index in [9.17, 15) is 34.2 Å². The number of carboxylic acid groups (broad SMARTS) is 2. The predicted octanol–water partition coefficient (Wildman–Crippen LogP) is -2.93. The molecule has 0 fully saturated rings. The third kappa shape index (κ3) is 13.4. The molecule has 0 aliphatic rings. The van der Waals surface area contributed by atoms with Gasteiger partial charge in [0.25, 0.3) is 5.97 Å².